The summed E-state index contributed by atoms with van der Waals surface area (Å²) in [7, 11) is 1.97. The molecule has 2 aromatic carbocycles. The summed E-state index contributed by atoms with van der Waals surface area (Å²) in [6.45, 7) is 0.962. The van der Waals surface area contributed by atoms with Gasteiger partial charge in [-0.25, -0.2) is 0 Å². The van der Waals surface area contributed by atoms with Crippen LogP contribution in [-0.2, 0) is 6.42 Å². The van der Waals surface area contributed by atoms with Gasteiger partial charge in [0.1, 0.15) is 5.58 Å². The van der Waals surface area contributed by atoms with Gasteiger partial charge in [-0.1, -0.05) is 48.5 Å². The van der Waals surface area contributed by atoms with Crippen molar-refractivity contribution >= 4 is 11.0 Å². The van der Waals surface area contributed by atoms with Crippen molar-refractivity contribution in [3.8, 4) is 11.1 Å². The van der Waals surface area contributed by atoms with Crippen LogP contribution in [-0.4, -0.2) is 13.6 Å². The fraction of sp³-hybridized carbons (Fsp3) is 0.176. The molecule has 0 atom stereocenters. The van der Waals surface area contributed by atoms with Gasteiger partial charge in [-0.05, 0) is 31.1 Å². The monoisotopic (exact) mass is 251 g/mol. The van der Waals surface area contributed by atoms with E-state index in [9.17, 15) is 0 Å². The standard InChI is InChI=1S/C17H17NO/c1-18-11-10-14-12-19-17-15(8-5-9-16(14)17)13-6-3-2-4-7-13/h2-9,12,18H,10-11H2,1H3. The van der Waals surface area contributed by atoms with Crippen LogP contribution in [0.2, 0.25) is 0 Å². The summed E-state index contributed by atoms with van der Waals surface area (Å²) < 4.78 is 5.80. The molecule has 0 aliphatic carbocycles. The predicted octanol–water partition coefficient (Wildman–Crippen LogP) is 3.86. The quantitative estimate of drug-likeness (QED) is 0.761. The second kappa shape index (κ2) is 5.29. The fourth-order valence-corrected chi connectivity index (χ4v) is 2.41. The van der Waals surface area contributed by atoms with E-state index in [2.05, 4.69) is 47.8 Å². The molecule has 1 heterocycles. The van der Waals surface area contributed by atoms with Crippen molar-refractivity contribution < 1.29 is 4.42 Å². The molecule has 0 bridgehead atoms. The SMILES string of the molecule is CNCCc1coc2c(-c3ccccc3)cccc12. The summed E-state index contributed by atoms with van der Waals surface area (Å²) in [6, 6.07) is 16.7. The molecular weight excluding hydrogens is 234 g/mol. The second-order valence-corrected chi connectivity index (χ2v) is 4.66. The Kier molecular flexibility index (Phi) is 3.34. The number of hydrogen-bond acceptors (Lipinski definition) is 2. The van der Waals surface area contributed by atoms with Gasteiger partial charge in [0.25, 0.3) is 0 Å². The zero-order valence-corrected chi connectivity index (χ0v) is 11.0. The minimum Gasteiger partial charge on any atom is -0.463 e. The van der Waals surface area contributed by atoms with Crippen molar-refractivity contribution in [1.82, 2.24) is 5.32 Å². The van der Waals surface area contributed by atoms with Crippen molar-refractivity contribution in [1.29, 1.82) is 0 Å². The molecule has 0 radical (unpaired) electrons. The average molecular weight is 251 g/mol. The molecule has 0 spiro atoms. The van der Waals surface area contributed by atoms with Crippen molar-refractivity contribution in [2.75, 3.05) is 13.6 Å². The Morgan fingerprint density at radius 3 is 2.63 bits per heavy atom. The van der Waals surface area contributed by atoms with Crippen molar-refractivity contribution in [3.63, 3.8) is 0 Å². The van der Waals surface area contributed by atoms with Crippen LogP contribution >= 0.6 is 0 Å². The molecule has 0 fully saturated rings. The van der Waals surface area contributed by atoms with Crippen molar-refractivity contribution in [2.45, 2.75) is 6.42 Å². The van der Waals surface area contributed by atoms with Crippen LogP contribution in [0.5, 0.6) is 0 Å². The van der Waals surface area contributed by atoms with Crippen molar-refractivity contribution in [2.24, 2.45) is 0 Å². The molecule has 3 aromatic rings. The lowest BCUT2D eigenvalue weighted by Gasteiger charge is -2.03. The molecule has 0 aliphatic heterocycles. The highest BCUT2D eigenvalue weighted by molar-refractivity contribution is 5.94. The van der Waals surface area contributed by atoms with E-state index in [-0.39, 0.29) is 0 Å². The Labute approximate surface area is 113 Å². The maximum absolute atomic E-state index is 5.80. The van der Waals surface area contributed by atoms with Crippen LogP contribution in [0.1, 0.15) is 5.56 Å². The Bertz CT molecular complexity index is 670. The molecule has 3 rings (SSSR count). The zero-order valence-electron chi connectivity index (χ0n) is 11.0. The van der Waals surface area contributed by atoms with Gasteiger partial charge in [0.15, 0.2) is 0 Å². The Balaban J connectivity index is 2.10. The fourth-order valence-electron chi connectivity index (χ4n) is 2.41. The highest BCUT2D eigenvalue weighted by Gasteiger charge is 2.10. The molecule has 2 heteroatoms. The lowest BCUT2D eigenvalue weighted by molar-refractivity contribution is 0.609. The number of nitrogens with one attached hydrogen (secondary N) is 1. The van der Waals surface area contributed by atoms with Gasteiger partial charge in [-0.2, -0.15) is 0 Å². The molecule has 19 heavy (non-hydrogen) atoms. The van der Waals surface area contributed by atoms with E-state index >= 15 is 0 Å². The lowest BCUT2D eigenvalue weighted by atomic mass is 10.0. The second-order valence-electron chi connectivity index (χ2n) is 4.66. The largest absolute Gasteiger partial charge is 0.463 e. The third-order valence-electron chi connectivity index (χ3n) is 3.41. The van der Waals surface area contributed by atoms with E-state index in [0.29, 0.717) is 0 Å². The lowest BCUT2D eigenvalue weighted by Crippen LogP contribution is -2.09. The topological polar surface area (TPSA) is 25.2 Å². The van der Waals surface area contributed by atoms with Gasteiger partial charge in [0.2, 0.25) is 0 Å². The number of benzene rings is 2. The smallest absolute Gasteiger partial charge is 0.141 e. The highest BCUT2D eigenvalue weighted by atomic mass is 16.3. The minimum atomic E-state index is 0.962. The average Bonchev–Trinajstić information content (AvgIpc) is 2.89. The van der Waals surface area contributed by atoms with Gasteiger partial charge in [-0.15, -0.1) is 0 Å². The van der Waals surface area contributed by atoms with Crippen molar-refractivity contribution in [3.05, 3.63) is 60.4 Å². The van der Waals surface area contributed by atoms with Crippen LogP contribution in [0.15, 0.2) is 59.2 Å². The third-order valence-corrected chi connectivity index (χ3v) is 3.41. The maximum atomic E-state index is 5.80. The summed E-state index contributed by atoms with van der Waals surface area (Å²) in [4.78, 5) is 0. The molecule has 1 N–H and O–H groups in total. The predicted molar refractivity (Wildman–Crippen MR) is 79.3 cm³/mol. The van der Waals surface area contributed by atoms with E-state index in [4.69, 9.17) is 4.42 Å². The van der Waals surface area contributed by atoms with Gasteiger partial charge in [-0.3, -0.25) is 0 Å². The first-order chi connectivity index (χ1) is 9.40. The molecule has 2 nitrogen and oxygen atoms in total. The maximum Gasteiger partial charge on any atom is 0.141 e. The number of para-hydroxylation sites is 1. The summed E-state index contributed by atoms with van der Waals surface area (Å²) in [5.74, 6) is 0. The van der Waals surface area contributed by atoms with E-state index in [1.807, 2.05) is 19.4 Å². The Hall–Kier alpha value is -2.06. The molecule has 0 amide bonds. The molecule has 0 unspecified atom stereocenters. The first-order valence-electron chi connectivity index (χ1n) is 6.59. The van der Waals surface area contributed by atoms with Crippen LogP contribution in [0.25, 0.3) is 22.1 Å². The summed E-state index contributed by atoms with van der Waals surface area (Å²) in [5.41, 5.74) is 4.61. The third kappa shape index (κ3) is 2.27. The van der Waals surface area contributed by atoms with Gasteiger partial charge < -0.3 is 9.73 Å². The molecule has 0 saturated heterocycles. The molecule has 0 aliphatic rings. The molecular formula is C17H17NO. The number of rotatable bonds is 4. The van der Waals surface area contributed by atoms with Crippen LogP contribution < -0.4 is 5.32 Å². The zero-order chi connectivity index (χ0) is 13.1. The van der Waals surface area contributed by atoms with E-state index in [0.717, 1.165) is 24.1 Å². The highest BCUT2D eigenvalue weighted by Crippen LogP contribution is 2.31. The van der Waals surface area contributed by atoms with E-state index in [1.54, 1.807) is 0 Å². The van der Waals surface area contributed by atoms with E-state index in [1.165, 1.54) is 16.5 Å². The number of furan rings is 1. The Morgan fingerprint density at radius 2 is 1.84 bits per heavy atom. The van der Waals surface area contributed by atoms with E-state index < -0.39 is 0 Å². The van der Waals surface area contributed by atoms with Gasteiger partial charge in [0.05, 0.1) is 6.26 Å². The Morgan fingerprint density at radius 1 is 1.00 bits per heavy atom. The molecule has 0 saturated carbocycles. The number of hydrogen-bond donors (Lipinski definition) is 1. The molecule has 96 valence electrons. The van der Waals surface area contributed by atoms with Gasteiger partial charge in [0, 0.05) is 10.9 Å². The first kappa shape index (κ1) is 12.0. The number of likely N-dealkylation sites (N-methyl/N-ethyl adjacent to an activating group) is 1. The normalized spacial score (nSPS) is 11.0. The van der Waals surface area contributed by atoms with Crippen LogP contribution in [0.3, 0.4) is 0 Å². The summed E-state index contributed by atoms with van der Waals surface area (Å²) in [5, 5.41) is 4.39. The number of fused-ring (bicyclic) bond motifs is 1. The molecule has 1 aromatic heterocycles. The van der Waals surface area contributed by atoms with Gasteiger partial charge >= 0.3 is 0 Å². The first-order valence-corrected chi connectivity index (χ1v) is 6.59. The minimum absolute atomic E-state index is 0.962. The van der Waals surface area contributed by atoms with Crippen LogP contribution in [0.4, 0.5) is 0 Å². The van der Waals surface area contributed by atoms with Crippen LogP contribution in [0, 0.1) is 0 Å². The summed E-state index contributed by atoms with van der Waals surface area (Å²) in [6.07, 6.45) is 2.87. The summed E-state index contributed by atoms with van der Waals surface area (Å²) >= 11 is 0.